The van der Waals surface area contributed by atoms with Crippen LogP contribution in [0.3, 0.4) is 0 Å². The van der Waals surface area contributed by atoms with E-state index < -0.39 is 18.0 Å². The first-order chi connectivity index (χ1) is 9.99. The van der Waals surface area contributed by atoms with E-state index in [1.165, 1.54) is 37.3 Å². The van der Waals surface area contributed by atoms with Crippen LogP contribution in [-0.2, 0) is 19.1 Å². The van der Waals surface area contributed by atoms with Crippen molar-refractivity contribution < 1.29 is 23.9 Å². The smallest absolute Gasteiger partial charge is 0.350 e. The fourth-order valence-electron chi connectivity index (χ4n) is 1.34. The molecule has 0 saturated heterocycles. The average Bonchev–Trinajstić information content (AvgIpc) is 2.93. The molecule has 0 radical (unpaired) electrons. The molecule has 21 heavy (non-hydrogen) atoms. The van der Waals surface area contributed by atoms with Crippen LogP contribution in [0.25, 0.3) is 0 Å². The number of hydrogen-bond donors (Lipinski definition) is 2. The van der Waals surface area contributed by atoms with Gasteiger partial charge in [-0.2, -0.15) is 0 Å². The molecule has 0 aromatic carbocycles. The summed E-state index contributed by atoms with van der Waals surface area (Å²) in [4.78, 5) is 34.6. The summed E-state index contributed by atoms with van der Waals surface area (Å²) in [5, 5.41) is 4.30. The van der Waals surface area contributed by atoms with Crippen molar-refractivity contribution in [2.45, 2.75) is 6.04 Å². The summed E-state index contributed by atoms with van der Waals surface area (Å²) in [7, 11) is 2.53. The van der Waals surface area contributed by atoms with Gasteiger partial charge in [-0.05, 0) is 11.4 Å². The molecule has 9 heteroatoms. The van der Waals surface area contributed by atoms with Crippen LogP contribution in [-0.4, -0.2) is 49.6 Å². The van der Waals surface area contributed by atoms with Crippen molar-refractivity contribution in [1.29, 1.82) is 0 Å². The van der Waals surface area contributed by atoms with Crippen molar-refractivity contribution in [3.8, 4) is 0 Å². The Kier molecular flexibility index (Phi) is 7.20. The number of carbonyl (C=O) groups excluding carboxylic acids is 3. The molecule has 1 aromatic rings. The molecule has 0 fully saturated rings. The van der Waals surface area contributed by atoms with Crippen molar-refractivity contribution in [3.05, 3.63) is 16.3 Å². The van der Waals surface area contributed by atoms with Crippen molar-refractivity contribution >= 4 is 46.6 Å². The minimum Gasteiger partial charge on any atom is -0.468 e. The third kappa shape index (κ3) is 5.37. The van der Waals surface area contributed by atoms with E-state index in [0.717, 1.165) is 0 Å². The van der Waals surface area contributed by atoms with Crippen LogP contribution in [0, 0.1) is 0 Å². The summed E-state index contributed by atoms with van der Waals surface area (Å²) < 4.78 is 9.10. The van der Waals surface area contributed by atoms with Gasteiger partial charge in [-0.25, -0.2) is 4.79 Å². The van der Waals surface area contributed by atoms with Crippen LogP contribution in [0.15, 0.2) is 11.4 Å². The molecule has 0 aliphatic rings. The average molecular weight is 332 g/mol. The molecule has 3 N–H and O–H groups in total. The lowest BCUT2D eigenvalue weighted by atomic mass is 10.4. The second-order valence-electron chi connectivity index (χ2n) is 3.85. The lowest BCUT2D eigenvalue weighted by molar-refractivity contribution is -0.141. The molecule has 1 rings (SSSR count). The summed E-state index contributed by atoms with van der Waals surface area (Å²) in [6.07, 6.45) is 0. The van der Waals surface area contributed by atoms with Crippen LogP contribution in [0.2, 0.25) is 0 Å². The van der Waals surface area contributed by atoms with E-state index in [4.69, 9.17) is 5.73 Å². The second-order valence-corrected chi connectivity index (χ2v) is 5.79. The van der Waals surface area contributed by atoms with Crippen LogP contribution >= 0.6 is 23.1 Å². The number of nitrogens with two attached hydrogens (primary N) is 1. The maximum Gasteiger partial charge on any atom is 0.350 e. The second kappa shape index (κ2) is 8.65. The van der Waals surface area contributed by atoms with Crippen molar-refractivity contribution in [2.75, 3.05) is 31.0 Å². The van der Waals surface area contributed by atoms with Gasteiger partial charge in [-0.15, -0.1) is 23.1 Å². The van der Waals surface area contributed by atoms with Crippen LogP contribution < -0.4 is 11.1 Å². The zero-order valence-electron chi connectivity index (χ0n) is 11.6. The molecule has 7 nitrogen and oxygen atoms in total. The van der Waals surface area contributed by atoms with E-state index in [2.05, 4.69) is 14.8 Å². The van der Waals surface area contributed by atoms with E-state index in [9.17, 15) is 14.4 Å². The number of rotatable bonds is 7. The Morgan fingerprint density at radius 2 is 2.10 bits per heavy atom. The quantitative estimate of drug-likeness (QED) is 0.708. The van der Waals surface area contributed by atoms with Gasteiger partial charge in [-0.3, -0.25) is 9.59 Å². The number of carbonyl (C=O) groups is 3. The first kappa shape index (κ1) is 17.5. The molecule has 1 atom stereocenters. The summed E-state index contributed by atoms with van der Waals surface area (Å²) >= 11 is 2.39. The third-order valence-corrected chi connectivity index (χ3v) is 4.30. The van der Waals surface area contributed by atoms with E-state index in [-0.39, 0.29) is 17.4 Å². The standard InChI is InChI=1S/C12H16N2O5S2/c1-18-11(16)7(13)5-20-6-9(15)14-8-3-4-21-10(8)12(17)19-2/h3-4,7H,5-6,13H2,1-2H3,(H,14,15). The number of hydrogen-bond acceptors (Lipinski definition) is 8. The van der Waals surface area contributed by atoms with E-state index >= 15 is 0 Å². The number of esters is 2. The Balaban J connectivity index is 2.43. The highest BCUT2D eigenvalue weighted by atomic mass is 32.2. The highest BCUT2D eigenvalue weighted by Gasteiger charge is 2.17. The first-order valence-electron chi connectivity index (χ1n) is 5.86. The largest absolute Gasteiger partial charge is 0.468 e. The number of thiophene rings is 1. The van der Waals surface area contributed by atoms with Crippen LogP contribution in [0.1, 0.15) is 9.67 Å². The number of nitrogens with one attached hydrogen (secondary N) is 1. The molecule has 116 valence electrons. The monoisotopic (exact) mass is 332 g/mol. The maximum atomic E-state index is 11.8. The molecule has 1 amide bonds. The maximum absolute atomic E-state index is 11.8. The third-order valence-electron chi connectivity index (χ3n) is 2.34. The van der Waals surface area contributed by atoms with Gasteiger partial charge in [0.05, 0.1) is 25.7 Å². The number of amides is 1. The molecule has 0 aliphatic heterocycles. The zero-order chi connectivity index (χ0) is 15.8. The summed E-state index contributed by atoms with van der Waals surface area (Å²) in [5.41, 5.74) is 5.96. The molecule has 1 heterocycles. The van der Waals surface area contributed by atoms with Gasteiger partial charge in [0.1, 0.15) is 10.9 Å². The molecule has 0 saturated carbocycles. The summed E-state index contributed by atoms with van der Waals surface area (Å²) in [6.45, 7) is 0. The molecular formula is C12H16N2O5S2. The summed E-state index contributed by atoms with van der Waals surface area (Å²) in [6, 6.07) is 0.860. The predicted molar refractivity (Wildman–Crippen MR) is 81.6 cm³/mol. The fourth-order valence-corrected chi connectivity index (χ4v) is 2.87. The number of methoxy groups -OCH3 is 2. The van der Waals surface area contributed by atoms with Gasteiger partial charge < -0.3 is 20.5 Å². The van der Waals surface area contributed by atoms with Crippen LogP contribution in [0.5, 0.6) is 0 Å². The highest BCUT2D eigenvalue weighted by Crippen LogP contribution is 2.23. The molecule has 1 aromatic heterocycles. The van der Waals surface area contributed by atoms with Gasteiger partial charge in [-0.1, -0.05) is 0 Å². The zero-order valence-corrected chi connectivity index (χ0v) is 13.2. The first-order valence-corrected chi connectivity index (χ1v) is 7.89. The molecular weight excluding hydrogens is 316 g/mol. The number of anilines is 1. The molecule has 1 unspecified atom stereocenters. The number of thioether (sulfide) groups is 1. The van der Waals surface area contributed by atoms with E-state index in [1.807, 2.05) is 0 Å². The van der Waals surface area contributed by atoms with Gasteiger partial charge in [0.2, 0.25) is 5.91 Å². The van der Waals surface area contributed by atoms with E-state index in [0.29, 0.717) is 10.6 Å². The predicted octanol–water partition coefficient (Wildman–Crippen LogP) is 0.707. The van der Waals surface area contributed by atoms with Gasteiger partial charge in [0.25, 0.3) is 0 Å². The topological polar surface area (TPSA) is 108 Å². The Morgan fingerprint density at radius 1 is 1.38 bits per heavy atom. The van der Waals surface area contributed by atoms with Gasteiger partial charge in [0.15, 0.2) is 0 Å². The highest BCUT2D eigenvalue weighted by molar-refractivity contribution is 8.00. The van der Waals surface area contributed by atoms with Crippen molar-refractivity contribution in [2.24, 2.45) is 5.73 Å². The van der Waals surface area contributed by atoms with Gasteiger partial charge in [0, 0.05) is 5.75 Å². The van der Waals surface area contributed by atoms with Crippen molar-refractivity contribution in [1.82, 2.24) is 0 Å². The molecule has 0 spiro atoms. The fraction of sp³-hybridized carbons (Fsp3) is 0.417. The van der Waals surface area contributed by atoms with Crippen molar-refractivity contribution in [3.63, 3.8) is 0 Å². The minimum absolute atomic E-state index is 0.112. The Bertz CT molecular complexity index is 518. The van der Waals surface area contributed by atoms with E-state index in [1.54, 1.807) is 11.4 Å². The lowest BCUT2D eigenvalue weighted by Gasteiger charge is -2.09. The normalized spacial score (nSPS) is 11.6. The SMILES string of the molecule is COC(=O)c1sccc1NC(=O)CSCC(N)C(=O)OC. The Labute approximate surface area is 130 Å². The Hall–Kier alpha value is -1.58. The van der Waals surface area contributed by atoms with Gasteiger partial charge >= 0.3 is 11.9 Å². The molecule has 0 aliphatic carbocycles. The number of ether oxygens (including phenoxy) is 2. The Morgan fingerprint density at radius 3 is 2.71 bits per heavy atom. The lowest BCUT2D eigenvalue weighted by Crippen LogP contribution is -2.34. The molecule has 0 bridgehead atoms. The van der Waals surface area contributed by atoms with Crippen LogP contribution in [0.4, 0.5) is 5.69 Å². The summed E-state index contributed by atoms with van der Waals surface area (Å²) in [5.74, 6) is -0.927. The minimum atomic E-state index is -0.764.